The fraction of sp³-hybridized carbons (Fsp3) is 0.192. The maximum absolute atomic E-state index is 12.0. The predicted octanol–water partition coefficient (Wildman–Crippen LogP) is 5.33. The highest BCUT2D eigenvalue weighted by atomic mass is 32.3. The van der Waals surface area contributed by atoms with Gasteiger partial charge in [0.2, 0.25) is 10.2 Å². The fourth-order valence-corrected chi connectivity index (χ4v) is 4.23. The van der Waals surface area contributed by atoms with Crippen LogP contribution in [0.3, 0.4) is 0 Å². The van der Waals surface area contributed by atoms with E-state index in [4.69, 9.17) is 4.74 Å². The van der Waals surface area contributed by atoms with Crippen LogP contribution in [0.1, 0.15) is 13.8 Å². The number of hydrogen-bond acceptors (Lipinski definition) is 5. The number of hydrogen-bond donors (Lipinski definition) is 1. The Morgan fingerprint density at radius 2 is 1.83 bits per heavy atom. The summed E-state index contributed by atoms with van der Waals surface area (Å²) in [5, 5.41) is 4.44. The lowest BCUT2D eigenvalue weighted by molar-refractivity contribution is 0.298. The summed E-state index contributed by atoms with van der Waals surface area (Å²) in [6.07, 6.45) is 12.2. The lowest BCUT2D eigenvalue weighted by Crippen LogP contribution is -2.06. The Balaban J connectivity index is 0.00000141. The van der Waals surface area contributed by atoms with Crippen LogP contribution in [0, 0.1) is 0 Å². The second-order valence-corrected chi connectivity index (χ2v) is 9.75. The third-order valence-corrected chi connectivity index (χ3v) is 6.43. The molecule has 0 aliphatic carbocycles. The van der Waals surface area contributed by atoms with Gasteiger partial charge in [0.05, 0.1) is 19.1 Å². The van der Waals surface area contributed by atoms with Crippen LogP contribution < -0.4 is 4.74 Å². The van der Waals surface area contributed by atoms with E-state index in [2.05, 4.69) is 15.1 Å². The molecule has 8 nitrogen and oxygen atoms in total. The second kappa shape index (κ2) is 10.6. The van der Waals surface area contributed by atoms with Crippen molar-refractivity contribution in [1.82, 2.24) is 24.1 Å². The van der Waals surface area contributed by atoms with Crippen LogP contribution in [-0.4, -0.2) is 41.6 Å². The quantitative estimate of drug-likeness (QED) is 0.310. The third kappa shape index (κ3) is 5.64. The van der Waals surface area contributed by atoms with Gasteiger partial charge in [-0.2, -0.15) is 9.65 Å². The summed E-state index contributed by atoms with van der Waals surface area (Å²) in [6.45, 7) is 5.30. The van der Waals surface area contributed by atoms with Gasteiger partial charge in [-0.1, -0.05) is 42.3 Å². The lowest BCUT2D eigenvalue weighted by Gasteiger charge is -2.08. The summed E-state index contributed by atoms with van der Waals surface area (Å²) >= 11 is 0. The van der Waals surface area contributed by atoms with Crippen LogP contribution >= 0.6 is 0 Å². The number of aromatic nitrogens is 5. The minimum Gasteiger partial charge on any atom is -0.492 e. The van der Waals surface area contributed by atoms with E-state index >= 15 is 0 Å². The molecule has 0 radical (unpaired) electrons. The van der Waals surface area contributed by atoms with Gasteiger partial charge < -0.3 is 9.30 Å². The topological polar surface area (TPSA) is 94.5 Å². The minimum absolute atomic E-state index is 0.378. The molecule has 0 saturated heterocycles. The Labute approximate surface area is 205 Å². The molecule has 0 aliphatic rings. The molecule has 0 bridgehead atoms. The minimum atomic E-state index is -3.05. The van der Waals surface area contributed by atoms with Crippen molar-refractivity contribution >= 4 is 15.9 Å². The van der Waals surface area contributed by atoms with Crippen LogP contribution in [0.15, 0.2) is 90.7 Å². The molecular formula is C26H28N5O3S+. The van der Waals surface area contributed by atoms with Crippen LogP contribution in [0.5, 0.6) is 5.75 Å². The van der Waals surface area contributed by atoms with Crippen molar-refractivity contribution < 1.29 is 13.5 Å². The molecule has 35 heavy (non-hydrogen) atoms. The van der Waals surface area contributed by atoms with E-state index in [1.165, 1.54) is 6.26 Å². The van der Waals surface area contributed by atoms with Gasteiger partial charge in [-0.3, -0.25) is 0 Å². The largest absolute Gasteiger partial charge is 0.492 e. The molecule has 5 rings (SSSR count). The number of fused-ring (bicyclic) bond motifs is 1. The zero-order valence-electron chi connectivity index (χ0n) is 19.9. The Kier molecular flexibility index (Phi) is 7.38. The molecular weight excluding hydrogens is 462 g/mol. The van der Waals surface area contributed by atoms with E-state index in [0.717, 1.165) is 34.5 Å². The van der Waals surface area contributed by atoms with Crippen molar-refractivity contribution in [3.8, 4) is 28.0 Å². The molecule has 0 fully saturated rings. The summed E-state index contributed by atoms with van der Waals surface area (Å²) in [5.74, 6) is 0.797. The van der Waals surface area contributed by atoms with Gasteiger partial charge in [0, 0.05) is 42.0 Å². The number of nitrogens with zero attached hydrogens (tertiary/aromatic N) is 5. The van der Waals surface area contributed by atoms with Gasteiger partial charge in [-0.25, -0.2) is 14.5 Å². The molecule has 3 heterocycles. The number of ether oxygens (including phenoxy) is 1. The number of rotatable bonds is 7. The number of imidazole rings is 1. The molecule has 0 amide bonds. The smallest absolute Gasteiger partial charge is 0.244 e. The third-order valence-electron chi connectivity index (χ3n) is 5.30. The van der Waals surface area contributed by atoms with Crippen molar-refractivity contribution in [3.05, 3.63) is 85.8 Å². The Morgan fingerprint density at radius 3 is 2.54 bits per heavy atom. The molecule has 1 unspecified atom stereocenters. The summed E-state index contributed by atoms with van der Waals surface area (Å²) < 4.78 is 31.4. The van der Waals surface area contributed by atoms with Gasteiger partial charge >= 0.3 is 0 Å². The highest BCUT2D eigenvalue weighted by Crippen LogP contribution is 2.28. The first-order valence-electron chi connectivity index (χ1n) is 11.3. The standard InChI is InChI=1S/C24H21N5O3S.C2H6/c1-33(30,31)22-4-2-3-19(13-22)23-15-27-29-16-20(14-26-24(23)29)18-5-7-21(8-6-18)32-12-11-28-10-9-25-17-28;1-2/h2-10,13-17H,11-12H2,1H3;1-2H3/p+1. The van der Waals surface area contributed by atoms with Gasteiger partial charge in [0.1, 0.15) is 18.6 Å². The molecule has 1 N–H and O–H groups in total. The maximum Gasteiger partial charge on any atom is 0.244 e. The van der Waals surface area contributed by atoms with E-state index in [1.54, 1.807) is 47.6 Å². The highest BCUT2D eigenvalue weighted by molar-refractivity contribution is 7.97. The molecule has 0 aliphatic heterocycles. The van der Waals surface area contributed by atoms with Crippen molar-refractivity contribution in [3.63, 3.8) is 0 Å². The highest BCUT2D eigenvalue weighted by Gasteiger charge is 2.22. The zero-order chi connectivity index (χ0) is 24.8. The fourth-order valence-electron chi connectivity index (χ4n) is 3.56. The molecule has 5 aromatic rings. The lowest BCUT2D eigenvalue weighted by atomic mass is 10.1. The van der Waals surface area contributed by atoms with Crippen LogP contribution in [-0.2, 0) is 21.0 Å². The Bertz CT molecular complexity index is 1440. The van der Waals surface area contributed by atoms with E-state index in [-0.39, 0.29) is 0 Å². The first-order chi connectivity index (χ1) is 17.0. The van der Waals surface area contributed by atoms with Crippen molar-refractivity contribution in [2.75, 3.05) is 12.9 Å². The van der Waals surface area contributed by atoms with E-state index in [0.29, 0.717) is 17.1 Å². The first kappa shape index (κ1) is 24.3. The van der Waals surface area contributed by atoms with Gasteiger partial charge in [0.15, 0.2) is 10.5 Å². The van der Waals surface area contributed by atoms with Gasteiger partial charge in [-0.15, -0.1) is 0 Å². The average Bonchev–Trinajstić information content (AvgIpc) is 3.55. The molecule has 0 spiro atoms. The molecule has 0 saturated carbocycles. The molecule has 180 valence electrons. The number of benzene rings is 2. The van der Waals surface area contributed by atoms with Gasteiger partial charge in [0.25, 0.3) is 0 Å². The second-order valence-electron chi connectivity index (χ2n) is 7.67. The van der Waals surface area contributed by atoms with Crippen molar-refractivity contribution in [2.24, 2.45) is 0 Å². The predicted molar refractivity (Wildman–Crippen MR) is 138 cm³/mol. The summed E-state index contributed by atoms with van der Waals surface area (Å²) in [5.41, 5.74) is 4.19. The summed E-state index contributed by atoms with van der Waals surface area (Å²) in [7, 11) is -3.05. The zero-order valence-corrected chi connectivity index (χ0v) is 20.7. The summed E-state index contributed by atoms with van der Waals surface area (Å²) in [4.78, 5) is 9.01. The maximum atomic E-state index is 12.0. The molecule has 2 aromatic carbocycles. The SMILES string of the molecule is CC.C[S+](=O)(O)c1cccc(-c2cnn3cc(-c4ccc(OCCn5ccnc5)cc4)cnc23)c1. The van der Waals surface area contributed by atoms with E-state index in [1.807, 2.05) is 61.1 Å². The Morgan fingerprint density at radius 1 is 1.03 bits per heavy atom. The normalized spacial score (nSPS) is 12.6. The molecule has 3 aromatic heterocycles. The van der Waals surface area contributed by atoms with Gasteiger partial charge in [-0.05, 0) is 29.3 Å². The van der Waals surface area contributed by atoms with Crippen molar-refractivity contribution in [1.29, 1.82) is 0 Å². The van der Waals surface area contributed by atoms with Crippen LogP contribution in [0.4, 0.5) is 0 Å². The van der Waals surface area contributed by atoms with E-state index < -0.39 is 10.2 Å². The van der Waals surface area contributed by atoms with E-state index in [9.17, 15) is 8.76 Å². The monoisotopic (exact) mass is 490 g/mol. The van der Waals surface area contributed by atoms with Crippen molar-refractivity contribution in [2.45, 2.75) is 25.3 Å². The summed E-state index contributed by atoms with van der Waals surface area (Å²) in [6, 6.07) is 14.8. The molecule has 9 heteroatoms. The Hall–Kier alpha value is -3.82. The molecule has 1 atom stereocenters. The first-order valence-corrected chi connectivity index (χ1v) is 13.2. The average molecular weight is 491 g/mol. The van der Waals surface area contributed by atoms with Crippen LogP contribution in [0.25, 0.3) is 27.9 Å². The van der Waals surface area contributed by atoms with Crippen LogP contribution in [0.2, 0.25) is 0 Å².